The largest absolute Gasteiger partial charge is 0.133 e. The zero-order chi connectivity index (χ0) is 42.1. The molecule has 0 amide bonds. The van der Waals surface area contributed by atoms with Crippen molar-refractivity contribution in [3.05, 3.63) is 301 Å². The highest BCUT2D eigenvalue weighted by atomic mass is 32.3. The number of hydrogen-bond acceptors (Lipinski definition) is 0. The summed E-state index contributed by atoms with van der Waals surface area (Å²) in [6, 6.07) is 105. The smallest absolute Gasteiger partial charge is 0.0714 e. The SMILES string of the molecule is c1ccc(C2(c3ccccc3)c3cc(S(c4ccccc4)(c4ccccc4)c4ccccc4)ccc3-c3ccc(S(c4ccccc4)(c4ccccc4)c4ccccc4)cc32)cc1. The summed E-state index contributed by atoms with van der Waals surface area (Å²) in [6.45, 7) is 0. The van der Waals surface area contributed by atoms with Crippen molar-refractivity contribution in [2.75, 3.05) is 0 Å². The van der Waals surface area contributed by atoms with E-state index in [1.54, 1.807) is 0 Å². The van der Waals surface area contributed by atoms with Crippen molar-refractivity contribution < 1.29 is 0 Å². The Kier molecular flexibility index (Phi) is 10.0. The Morgan fingerprint density at radius 1 is 0.206 bits per heavy atom. The Balaban J connectivity index is 1.27. The van der Waals surface area contributed by atoms with Gasteiger partial charge in [0.15, 0.2) is 0 Å². The molecule has 0 aromatic heterocycles. The highest BCUT2D eigenvalue weighted by molar-refractivity contribution is 8.34. The predicted octanol–water partition coefficient (Wildman–Crippen LogP) is 16.7. The van der Waals surface area contributed by atoms with Gasteiger partial charge < -0.3 is 0 Å². The van der Waals surface area contributed by atoms with E-state index in [4.69, 9.17) is 0 Å². The number of benzene rings is 10. The maximum atomic E-state index is 2.60. The molecule has 63 heavy (non-hydrogen) atoms. The van der Waals surface area contributed by atoms with Gasteiger partial charge >= 0.3 is 0 Å². The van der Waals surface area contributed by atoms with E-state index in [2.05, 4.69) is 279 Å². The summed E-state index contributed by atoms with van der Waals surface area (Å²) in [5, 5.41) is 0. The van der Waals surface area contributed by atoms with Crippen molar-refractivity contribution in [3.8, 4) is 11.1 Å². The Bertz CT molecular complexity index is 2710. The fourth-order valence-electron chi connectivity index (χ4n) is 10.2. The first-order valence-corrected chi connectivity index (χ1v) is 24.9. The molecule has 10 aromatic carbocycles. The van der Waals surface area contributed by atoms with E-state index < -0.39 is 25.5 Å². The topological polar surface area (TPSA) is 0 Å². The van der Waals surface area contributed by atoms with E-state index in [9.17, 15) is 0 Å². The van der Waals surface area contributed by atoms with Gasteiger partial charge in [-0.25, -0.2) is 0 Å². The molecule has 2 heteroatoms. The van der Waals surface area contributed by atoms with Crippen molar-refractivity contribution in [2.45, 2.75) is 44.6 Å². The van der Waals surface area contributed by atoms with Crippen molar-refractivity contribution in [3.63, 3.8) is 0 Å². The molecule has 0 radical (unpaired) electrons. The third-order valence-corrected chi connectivity index (χ3v) is 20.6. The van der Waals surface area contributed by atoms with Crippen LogP contribution in [0, 0.1) is 0 Å². The molecule has 1 aliphatic carbocycles. The first-order valence-electron chi connectivity index (χ1n) is 21.6. The van der Waals surface area contributed by atoms with Crippen molar-refractivity contribution in [1.82, 2.24) is 0 Å². The zero-order valence-corrected chi connectivity index (χ0v) is 36.5. The molecule has 1 aliphatic rings. The van der Waals surface area contributed by atoms with Crippen LogP contribution in [0.3, 0.4) is 0 Å². The van der Waals surface area contributed by atoms with Crippen LogP contribution in [0.15, 0.2) is 318 Å². The van der Waals surface area contributed by atoms with Crippen molar-refractivity contribution in [2.24, 2.45) is 0 Å². The van der Waals surface area contributed by atoms with Gasteiger partial charge in [0.25, 0.3) is 0 Å². The highest BCUT2D eigenvalue weighted by Crippen LogP contribution is 2.76. The molecule has 0 heterocycles. The van der Waals surface area contributed by atoms with Crippen LogP contribution >= 0.6 is 20.1 Å². The van der Waals surface area contributed by atoms with Gasteiger partial charge in [0.05, 0.1) is 5.41 Å². The second kappa shape index (κ2) is 16.3. The standard InChI is InChI=1S/C61H46S2/c1-9-25-47(26-10-1)61(48-27-11-2-12-28-48)59-45-55(62(49-29-13-3-14-30-49,50-31-15-4-16-32-50)51-33-17-5-18-34-51)41-43-57(59)58-44-42-56(46-60(58)61)63(52-35-19-6-20-36-52,53-37-21-7-22-38-53)54-39-23-8-24-40-54/h1-46H. The van der Waals surface area contributed by atoms with Crippen LogP contribution < -0.4 is 0 Å². The second-order valence-electron chi connectivity index (χ2n) is 16.0. The van der Waals surface area contributed by atoms with Gasteiger partial charge in [-0.05, 0) is 130 Å². The molecule has 0 bridgehead atoms. The van der Waals surface area contributed by atoms with Gasteiger partial charge in [-0.3, -0.25) is 0 Å². The number of hydrogen-bond donors (Lipinski definition) is 0. The van der Waals surface area contributed by atoms with E-state index >= 15 is 0 Å². The number of rotatable bonds is 10. The Morgan fingerprint density at radius 3 is 0.667 bits per heavy atom. The Hall–Kier alpha value is -7.10. The molecule has 0 fully saturated rings. The molecule has 0 N–H and O–H groups in total. The summed E-state index contributed by atoms with van der Waals surface area (Å²) in [7, 11) is -3.94. The average Bonchev–Trinajstić information content (AvgIpc) is 3.67. The molecular formula is C61H46S2. The summed E-state index contributed by atoms with van der Waals surface area (Å²) < 4.78 is 0. The zero-order valence-electron chi connectivity index (χ0n) is 34.9. The number of fused-ring (bicyclic) bond motifs is 3. The lowest BCUT2D eigenvalue weighted by atomic mass is 9.68. The summed E-state index contributed by atoms with van der Waals surface area (Å²) in [6.07, 6.45) is 0. The fourth-order valence-corrected chi connectivity index (χ4v) is 18.0. The highest BCUT2D eigenvalue weighted by Gasteiger charge is 2.48. The van der Waals surface area contributed by atoms with Crippen molar-refractivity contribution in [1.29, 1.82) is 0 Å². The minimum atomic E-state index is -1.97. The van der Waals surface area contributed by atoms with Crippen LogP contribution in [0.1, 0.15) is 22.3 Å². The predicted molar refractivity (Wildman–Crippen MR) is 264 cm³/mol. The van der Waals surface area contributed by atoms with Gasteiger partial charge in [0.2, 0.25) is 0 Å². The van der Waals surface area contributed by atoms with Crippen molar-refractivity contribution >= 4 is 20.1 Å². The average molecular weight is 843 g/mol. The van der Waals surface area contributed by atoms with Crippen LogP contribution in [0.2, 0.25) is 0 Å². The lowest BCUT2D eigenvalue weighted by molar-refractivity contribution is 0.763. The fraction of sp³-hybridized carbons (Fsp3) is 0.0164. The maximum Gasteiger partial charge on any atom is 0.0714 e. The first-order chi connectivity index (χ1) is 31.3. The molecule has 0 saturated heterocycles. The van der Waals surface area contributed by atoms with Crippen LogP contribution in [-0.4, -0.2) is 0 Å². The summed E-state index contributed by atoms with van der Waals surface area (Å²) >= 11 is 0. The quantitative estimate of drug-likeness (QED) is 0.129. The monoisotopic (exact) mass is 842 g/mol. The summed E-state index contributed by atoms with van der Waals surface area (Å²) in [5.41, 5.74) is 7.04. The second-order valence-corrected chi connectivity index (χ2v) is 22.2. The van der Waals surface area contributed by atoms with Crippen LogP contribution in [-0.2, 0) is 5.41 Å². The molecule has 11 rings (SSSR count). The normalized spacial score (nSPS) is 13.4. The van der Waals surface area contributed by atoms with Crippen LogP contribution in [0.5, 0.6) is 0 Å². The Morgan fingerprint density at radius 2 is 0.429 bits per heavy atom. The molecule has 0 saturated carbocycles. The molecule has 10 aromatic rings. The van der Waals surface area contributed by atoms with E-state index in [0.717, 1.165) is 0 Å². The lowest BCUT2D eigenvalue weighted by Crippen LogP contribution is -2.29. The third kappa shape index (κ3) is 6.08. The van der Waals surface area contributed by atoms with E-state index in [0.29, 0.717) is 0 Å². The minimum Gasteiger partial charge on any atom is -0.133 e. The maximum absolute atomic E-state index is 2.60. The van der Waals surface area contributed by atoms with E-state index in [1.807, 2.05) is 0 Å². The molecule has 0 aliphatic heterocycles. The first kappa shape index (κ1) is 38.8. The molecule has 302 valence electrons. The van der Waals surface area contributed by atoms with Crippen LogP contribution in [0.4, 0.5) is 0 Å². The van der Waals surface area contributed by atoms with Gasteiger partial charge in [0, 0.05) is 39.2 Å². The molecule has 0 spiro atoms. The van der Waals surface area contributed by atoms with Gasteiger partial charge in [-0.15, -0.1) is 20.1 Å². The molecular weight excluding hydrogens is 797 g/mol. The Labute approximate surface area is 374 Å². The van der Waals surface area contributed by atoms with Gasteiger partial charge in [-0.2, -0.15) is 0 Å². The molecule has 0 unspecified atom stereocenters. The molecule has 0 nitrogen and oxygen atoms in total. The summed E-state index contributed by atoms with van der Waals surface area (Å²) in [5.74, 6) is 0. The minimum absolute atomic E-state index is 0.635. The summed E-state index contributed by atoms with van der Waals surface area (Å²) in [4.78, 5) is 10.5. The van der Waals surface area contributed by atoms with E-state index in [1.165, 1.54) is 72.5 Å². The van der Waals surface area contributed by atoms with E-state index in [-0.39, 0.29) is 0 Å². The van der Waals surface area contributed by atoms with Gasteiger partial charge in [-0.1, -0.05) is 182 Å². The third-order valence-electron chi connectivity index (χ3n) is 12.8. The lowest BCUT2D eigenvalue weighted by Gasteiger charge is -2.43. The van der Waals surface area contributed by atoms with Gasteiger partial charge in [0.1, 0.15) is 0 Å². The van der Waals surface area contributed by atoms with Crippen LogP contribution in [0.25, 0.3) is 11.1 Å². The molecule has 0 atom stereocenters.